The average molecular weight is 1710 g/mol. The van der Waals surface area contributed by atoms with Gasteiger partial charge in [0, 0.05) is 75.4 Å². The average Bonchev–Trinajstić information content (AvgIpc) is 1.65. The van der Waals surface area contributed by atoms with E-state index in [0.717, 1.165) is 11.1 Å². The van der Waals surface area contributed by atoms with Crippen LogP contribution in [0.15, 0.2) is 248 Å². The maximum atomic E-state index is 12.7. The second-order valence-electron chi connectivity index (χ2n) is 29.5. The molecule has 14 rings (SSSR count). The summed E-state index contributed by atoms with van der Waals surface area (Å²) in [7, 11) is 2.58. The zero-order valence-electron chi connectivity index (χ0n) is 68.3. The van der Waals surface area contributed by atoms with Crippen molar-refractivity contribution in [1.29, 1.82) is 0 Å². The molecule has 0 unspecified atom stereocenters. The molecule has 10 aromatic carbocycles. The molecule has 0 amide bonds. The van der Waals surface area contributed by atoms with E-state index in [2.05, 4.69) is 4.74 Å². The minimum absolute atomic E-state index is 0.0112. The van der Waals surface area contributed by atoms with Gasteiger partial charge in [-0.3, -0.25) is 38.4 Å². The summed E-state index contributed by atoms with van der Waals surface area (Å²) in [4.78, 5) is 96.1. The molecule has 0 bridgehead atoms. The number of esters is 2. The fourth-order valence-corrected chi connectivity index (χ4v) is 13.3. The molecular formula is C99H86O27. The van der Waals surface area contributed by atoms with Crippen molar-refractivity contribution >= 4 is 115 Å². The molecular weight excluding hydrogens is 1620 g/mol. The SMILES string of the molecule is CC(=O)[C@H](C)CC(=O)/C=C/c1ccc(O)c2oc(-c3ccc(O)c(O)c3)cc12.COC(=O)[C@@H](CC(=O)/C=C/c1ccc(O)c2oc(-c3ccc(O)c(O)c3)cc12)Cc1ccccc1.COC(=O)[C@H](C)CC(=O)/C=C/c1ccc(O)c2oc(-c3ccc(O)c(O)c3)cc12.O=C(/C=C/c1ccc(O)c2oc(-c3ccc(O)c(O)c3)cc12)C[C@@H](Cc1ccccc1)C(=O)O. The number of methoxy groups -OCH3 is 2. The van der Waals surface area contributed by atoms with Crippen LogP contribution in [0.1, 0.15) is 79.8 Å². The quantitative estimate of drug-likeness (QED) is 0.0123. The first-order chi connectivity index (χ1) is 60.2. The van der Waals surface area contributed by atoms with Crippen LogP contribution in [0.25, 0.3) is 113 Å². The van der Waals surface area contributed by atoms with Crippen molar-refractivity contribution in [2.24, 2.45) is 23.7 Å². The van der Waals surface area contributed by atoms with Crippen molar-refractivity contribution in [3.8, 4) is 114 Å². The third-order valence-electron chi connectivity index (χ3n) is 20.4. The fourth-order valence-electron chi connectivity index (χ4n) is 13.3. The molecule has 0 aliphatic carbocycles. The number of phenols is 12. The summed E-state index contributed by atoms with van der Waals surface area (Å²) in [6.45, 7) is 4.79. The van der Waals surface area contributed by atoms with E-state index in [9.17, 15) is 105 Å². The molecule has 0 aliphatic rings. The Hall–Kier alpha value is -16.3. The van der Waals surface area contributed by atoms with Crippen LogP contribution in [0.5, 0.6) is 69.0 Å². The van der Waals surface area contributed by atoms with Gasteiger partial charge in [-0.15, -0.1) is 0 Å². The first-order valence-electron chi connectivity index (χ1n) is 39.1. The van der Waals surface area contributed by atoms with Crippen LogP contribution in [0.4, 0.5) is 0 Å². The second-order valence-corrected chi connectivity index (χ2v) is 29.5. The number of benzene rings is 10. The zero-order valence-corrected chi connectivity index (χ0v) is 68.3. The van der Waals surface area contributed by atoms with Crippen molar-refractivity contribution in [1.82, 2.24) is 0 Å². The summed E-state index contributed by atoms with van der Waals surface area (Å²) in [6, 6.07) is 54.6. The Bertz CT molecular complexity index is 6540. The summed E-state index contributed by atoms with van der Waals surface area (Å²) in [6.07, 6.45) is 12.5. The van der Waals surface area contributed by atoms with Crippen molar-refractivity contribution < 1.29 is 132 Å². The summed E-state index contributed by atoms with van der Waals surface area (Å²) in [5.41, 5.74) is 7.21. The lowest BCUT2D eigenvalue weighted by Gasteiger charge is -2.13. The lowest BCUT2D eigenvalue weighted by molar-refractivity contribution is -0.147. The molecule has 0 radical (unpaired) electrons. The molecule has 644 valence electrons. The lowest BCUT2D eigenvalue weighted by atomic mass is 9.94. The van der Waals surface area contributed by atoms with Crippen LogP contribution in [-0.4, -0.2) is 127 Å². The van der Waals surface area contributed by atoms with Gasteiger partial charge in [0.2, 0.25) is 0 Å². The highest BCUT2D eigenvalue weighted by molar-refractivity contribution is 6.04. The number of ether oxygens (including phenoxy) is 2. The molecule has 0 fully saturated rings. The number of aliphatic carboxylic acids is 1. The van der Waals surface area contributed by atoms with Crippen LogP contribution >= 0.6 is 0 Å². The number of Topliss-reactive ketones (excluding diaryl/α,β-unsaturated/α-hetero) is 1. The molecule has 14 aromatic rings. The monoisotopic (exact) mass is 1710 g/mol. The predicted octanol–water partition coefficient (Wildman–Crippen LogP) is 18.8. The van der Waals surface area contributed by atoms with Crippen molar-refractivity contribution in [3.05, 3.63) is 264 Å². The molecule has 0 saturated carbocycles. The summed E-state index contributed by atoms with van der Waals surface area (Å²) < 4.78 is 32.5. The van der Waals surface area contributed by atoms with Gasteiger partial charge in [0.25, 0.3) is 0 Å². The van der Waals surface area contributed by atoms with E-state index in [1.165, 1.54) is 118 Å². The molecule has 0 aliphatic heterocycles. The van der Waals surface area contributed by atoms with Gasteiger partial charge in [-0.25, -0.2) is 0 Å². The number of carbonyl (C=O) groups is 8. The predicted molar refractivity (Wildman–Crippen MR) is 469 cm³/mol. The van der Waals surface area contributed by atoms with E-state index < -0.39 is 35.7 Å². The number of ketones is 5. The minimum atomic E-state index is -1.03. The van der Waals surface area contributed by atoms with E-state index in [1.807, 2.05) is 60.7 Å². The van der Waals surface area contributed by atoms with Gasteiger partial charge in [-0.1, -0.05) is 123 Å². The highest BCUT2D eigenvalue weighted by atomic mass is 16.5. The first kappa shape index (κ1) is 90.4. The molecule has 27 nitrogen and oxygen atoms in total. The van der Waals surface area contributed by atoms with Gasteiger partial charge >= 0.3 is 17.9 Å². The zero-order chi connectivity index (χ0) is 90.7. The number of furan rings is 4. The molecule has 13 N–H and O–H groups in total. The Kier molecular flexibility index (Phi) is 29.3. The second kappa shape index (κ2) is 40.8. The first-order valence-corrected chi connectivity index (χ1v) is 39.1. The van der Waals surface area contributed by atoms with E-state index in [-0.39, 0.29) is 158 Å². The number of fused-ring (bicyclic) bond motifs is 4. The molecule has 27 heteroatoms. The van der Waals surface area contributed by atoms with Crippen molar-refractivity contribution in [2.75, 3.05) is 14.2 Å². The Morgan fingerprint density at radius 3 is 0.841 bits per heavy atom. The number of hydrogen-bond donors (Lipinski definition) is 13. The summed E-state index contributed by atoms with van der Waals surface area (Å²) in [5.74, 6) is -6.32. The highest BCUT2D eigenvalue weighted by Gasteiger charge is 2.26. The topological polar surface area (TPSA) is 471 Å². The fraction of sp³-hybridized carbons (Fsp3) is 0.152. The van der Waals surface area contributed by atoms with Crippen LogP contribution in [0.2, 0.25) is 0 Å². The Labute approximate surface area is 718 Å². The third kappa shape index (κ3) is 22.8. The van der Waals surface area contributed by atoms with Gasteiger partial charge in [0.1, 0.15) is 28.8 Å². The largest absolute Gasteiger partial charge is 0.504 e. The number of carboxylic acid groups (broad SMARTS) is 1. The van der Waals surface area contributed by atoms with Crippen LogP contribution in [0, 0.1) is 23.7 Å². The highest BCUT2D eigenvalue weighted by Crippen LogP contribution is 2.44. The van der Waals surface area contributed by atoms with Crippen LogP contribution in [0.3, 0.4) is 0 Å². The number of carbonyl (C=O) groups excluding carboxylic acids is 7. The van der Waals surface area contributed by atoms with Gasteiger partial charge in [0.05, 0.1) is 32.0 Å². The van der Waals surface area contributed by atoms with E-state index in [0.29, 0.717) is 95.5 Å². The van der Waals surface area contributed by atoms with Gasteiger partial charge in [-0.2, -0.15) is 0 Å². The van der Waals surface area contributed by atoms with Crippen LogP contribution in [-0.2, 0) is 60.7 Å². The van der Waals surface area contributed by atoms with Crippen molar-refractivity contribution in [3.63, 3.8) is 0 Å². The molecule has 4 atom stereocenters. The van der Waals surface area contributed by atoms with Gasteiger partial charge in [-0.05, 0) is 199 Å². The molecule has 0 spiro atoms. The van der Waals surface area contributed by atoms with Gasteiger partial charge < -0.3 is 93.5 Å². The third-order valence-corrected chi connectivity index (χ3v) is 20.4. The minimum Gasteiger partial charge on any atom is -0.504 e. The normalized spacial score (nSPS) is 12.3. The van der Waals surface area contributed by atoms with E-state index >= 15 is 0 Å². The maximum Gasteiger partial charge on any atom is 0.309 e. The molecule has 4 heterocycles. The Morgan fingerprint density at radius 2 is 0.571 bits per heavy atom. The summed E-state index contributed by atoms with van der Waals surface area (Å²) in [5, 5.41) is 129. The Morgan fingerprint density at radius 1 is 0.310 bits per heavy atom. The number of carboxylic acids is 1. The molecule has 0 saturated heterocycles. The van der Waals surface area contributed by atoms with E-state index in [1.54, 1.807) is 111 Å². The lowest BCUT2D eigenvalue weighted by Crippen LogP contribution is -2.21. The molecule has 126 heavy (non-hydrogen) atoms. The number of aromatic hydroxyl groups is 12. The Balaban J connectivity index is 0.000000164. The number of allylic oxidation sites excluding steroid dienone is 4. The van der Waals surface area contributed by atoms with Gasteiger partial charge in [0.15, 0.2) is 114 Å². The summed E-state index contributed by atoms with van der Waals surface area (Å²) >= 11 is 0. The maximum absolute atomic E-state index is 12.7. The molecule has 4 aromatic heterocycles. The number of rotatable bonds is 28. The number of phenolic OH excluding ortho intramolecular Hbond substituents is 12. The van der Waals surface area contributed by atoms with Crippen molar-refractivity contribution in [2.45, 2.75) is 59.3 Å². The number of hydrogen-bond acceptors (Lipinski definition) is 26. The standard InChI is InChI=1S/C28H24O7.C27H22O7.C22H20O7.C22H20O6/c1-34-28(33)20(13-17-5-3-2-4-6-17)14-21(29)10-7-18-8-12-24(31)27-22(18)16-26(35-27)19-9-11-23(30)25(32)15-19;28-20(13-19(27(32)33)12-16-4-2-1-3-5-16)9-6-17-7-11-23(30)26-21(17)15-25(34-26)18-8-10-22(29)24(31)14-18;1-12(22(27)28-2)9-15(23)6-3-13-4-8-18(25)21-16(13)11-20(29-21)14-5-7-17(24)19(26)10-14;1-12(13(2)23)9-16(24)6-3-14-4-8-19(26)22-17(14)11-21(28-22)15-5-7-18(25)20(27)10-15/h2-12,15-16,20,30-32H,13-14H2,1H3;1-11,14-15,19,29-31H,12-13H2,(H,32,33);3-8,10-12,24-26H,9H2,1-2H3;3-8,10-12,25-27H,9H2,1-2H3/b10-7+;9-6+;2*6-3+/t20-;19-;2*12-/m1111/s1. The smallest absolute Gasteiger partial charge is 0.309 e. The van der Waals surface area contributed by atoms with E-state index in [4.69, 9.17) is 22.4 Å². The van der Waals surface area contributed by atoms with Crippen LogP contribution < -0.4 is 0 Å².